The first-order valence-corrected chi connectivity index (χ1v) is 9.30. The van der Waals surface area contributed by atoms with E-state index >= 15 is 13.2 Å². The number of amides is 1. The number of nitrogens with two attached hydrogens (primary N) is 1. The summed E-state index contributed by atoms with van der Waals surface area (Å²) in [6.45, 7) is 3.27. The van der Waals surface area contributed by atoms with Gasteiger partial charge in [-0.05, 0) is 32.9 Å². The van der Waals surface area contributed by atoms with E-state index in [-0.39, 0.29) is 22.0 Å². The number of ether oxygens (including phenoxy) is 1. The Morgan fingerprint density at radius 2 is 2.00 bits per heavy atom. The van der Waals surface area contributed by atoms with Crippen molar-refractivity contribution in [2.45, 2.75) is 37.8 Å². The Bertz CT molecular complexity index is 1150. The van der Waals surface area contributed by atoms with E-state index in [4.69, 9.17) is 27.3 Å². The second kappa shape index (κ2) is 7.42. The third-order valence-electron chi connectivity index (χ3n) is 5.02. The molecule has 11 heteroatoms. The van der Waals surface area contributed by atoms with Gasteiger partial charge in [0, 0.05) is 11.8 Å². The highest BCUT2D eigenvalue weighted by Gasteiger charge is 2.66. The Labute approximate surface area is 180 Å². The van der Waals surface area contributed by atoms with Crippen LogP contribution in [0.4, 0.5) is 18.9 Å². The van der Waals surface area contributed by atoms with E-state index in [2.05, 4.69) is 15.3 Å². The molecule has 1 aromatic heterocycles. The number of rotatable bonds is 3. The number of pyridine rings is 1. The molecular weight excluding hydrogens is 435 g/mol. The van der Waals surface area contributed by atoms with Crippen LogP contribution in [0.15, 0.2) is 35.5 Å². The van der Waals surface area contributed by atoms with Crippen molar-refractivity contribution in [3.05, 3.63) is 58.1 Å². The van der Waals surface area contributed by atoms with Crippen molar-refractivity contribution in [3.8, 4) is 6.07 Å². The highest BCUT2D eigenvalue weighted by molar-refractivity contribution is 6.34. The number of carbonyl (C=O) groups is 1. The maximum absolute atomic E-state index is 15.3. The van der Waals surface area contributed by atoms with Crippen LogP contribution in [0.5, 0.6) is 0 Å². The molecule has 7 nitrogen and oxygen atoms in total. The number of aliphatic imine (C=N–C) groups is 1. The first-order chi connectivity index (χ1) is 14.3. The molecule has 1 aliphatic rings. The van der Waals surface area contributed by atoms with Crippen LogP contribution in [0.25, 0.3) is 0 Å². The van der Waals surface area contributed by atoms with Crippen molar-refractivity contribution in [1.29, 1.82) is 5.26 Å². The average molecular weight is 452 g/mol. The van der Waals surface area contributed by atoms with Gasteiger partial charge in [-0.25, -0.2) is 14.4 Å². The second-order valence-electron chi connectivity index (χ2n) is 7.50. The summed E-state index contributed by atoms with van der Waals surface area (Å²) in [4.78, 5) is 20.0. The van der Waals surface area contributed by atoms with Gasteiger partial charge in [0.1, 0.15) is 11.8 Å². The van der Waals surface area contributed by atoms with Crippen molar-refractivity contribution >= 4 is 29.2 Å². The highest BCUT2D eigenvalue weighted by Crippen LogP contribution is 2.52. The lowest BCUT2D eigenvalue weighted by Crippen LogP contribution is -2.62. The molecule has 1 atom stereocenters. The molecule has 0 radical (unpaired) electrons. The van der Waals surface area contributed by atoms with Crippen LogP contribution in [0, 0.1) is 17.1 Å². The molecule has 0 spiro atoms. The maximum Gasteiger partial charge on any atom is 0.315 e. The van der Waals surface area contributed by atoms with Gasteiger partial charge in [-0.3, -0.25) is 4.79 Å². The monoisotopic (exact) mass is 451 g/mol. The van der Waals surface area contributed by atoms with Gasteiger partial charge in [0.05, 0.1) is 16.3 Å². The van der Waals surface area contributed by atoms with Crippen molar-refractivity contribution in [2.24, 2.45) is 10.7 Å². The quantitative estimate of drug-likeness (QED) is 0.733. The van der Waals surface area contributed by atoms with Crippen molar-refractivity contribution in [3.63, 3.8) is 0 Å². The standard InChI is InChI=1S/C20H17ClF3N5O2/c1-18(2)20(23,24)19(3,29-17(26)31-18)11-5-4-6-13(14(11)22)28-16(30)15-12(21)7-10(8-25)9-27-15/h4-7,9H,1-3H3,(H2,26,29)(H,28,30)/t19-/m1/s1. The molecule has 0 fully saturated rings. The summed E-state index contributed by atoms with van der Waals surface area (Å²) >= 11 is 5.96. The Kier molecular flexibility index (Phi) is 5.36. The molecule has 0 unspecified atom stereocenters. The lowest BCUT2D eigenvalue weighted by molar-refractivity contribution is -0.207. The number of hydrogen-bond donors (Lipinski definition) is 2. The SMILES string of the molecule is CC1(C)OC(N)=N[C@](C)(c2cccc(NC(=O)c3ncc(C#N)cc3Cl)c2F)C1(F)F. The fraction of sp³-hybridized carbons (Fsp3) is 0.300. The smallest absolute Gasteiger partial charge is 0.315 e. The van der Waals surface area contributed by atoms with E-state index in [0.29, 0.717) is 0 Å². The molecule has 2 heterocycles. The highest BCUT2D eigenvalue weighted by atomic mass is 35.5. The number of alkyl halides is 2. The lowest BCUT2D eigenvalue weighted by Gasteiger charge is -2.46. The van der Waals surface area contributed by atoms with Gasteiger partial charge in [-0.15, -0.1) is 0 Å². The van der Waals surface area contributed by atoms with Crippen LogP contribution in [0.1, 0.15) is 42.4 Å². The third-order valence-corrected chi connectivity index (χ3v) is 5.31. The Hall–Kier alpha value is -3.32. The Morgan fingerprint density at radius 1 is 1.32 bits per heavy atom. The van der Waals surface area contributed by atoms with Gasteiger partial charge < -0.3 is 15.8 Å². The first kappa shape index (κ1) is 22.4. The molecule has 0 saturated carbocycles. The zero-order chi connectivity index (χ0) is 23.2. The molecule has 3 rings (SSSR count). The van der Waals surface area contributed by atoms with Crippen LogP contribution in [-0.2, 0) is 10.3 Å². The number of amidine groups is 1. The van der Waals surface area contributed by atoms with Crippen molar-refractivity contribution in [1.82, 2.24) is 4.98 Å². The minimum absolute atomic E-state index is 0.127. The number of hydrogen-bond acceptors (Lipinski definition) is 6. The van der Waals surface area contributed by atoms with Crippen LogP contribution in [0.3, 0.4) is 0 Å². The van der Waals surface area contributed by atoms with Crippen LogP contribution >= 0.6 is 11.6 Å². The zero-order valence-electron chi connectivity index (χ0n) is 16.6. The minimum atomic E-state index is -3.66. The number of halogens is 4. The van der Waals surface area contributed by atoms with Gasteiger partial charge >= 0.3 is 5.92 Å². The number of carbonyl (C=O) groups excluding carboxylic acids is 1. The zero-order valence-corrected chi connectivity index (χ0v) is 17.4. The summed E-state index contributed by atoms with van der Waals surface area (Å²) in [7, 11) is 0. The number of nitrogens with one attached hydrogen (secondary N) is 1. The molecule has 3 N–H and O–H groups in total. The van der Waals surface area contributed by atoms with Gasteiger partial charge in [-0.1, -0.05) is 23.7 Å². The van der Waals surface area contributed by atoms with Gasteiger partial charge in [0.15, 0.2) is 17.0 Å². The molecule has 1 amide bonds. The first-order valence-electron chi connectivity index (χ1n) is 8.92. The molecule has 162 valence electrons. The summed E-state index contributed by atoms with van der Waals surface area (Å²) in [5.74, 6) is -5.68. The predicted molar refractivity (Wildman–Crippen MR) is 107 cm³/mol. The second-order valence-corrected chi connectivity index (χ2v) is 7.90. The van der Waals surface area contributed by atoms with Gasteiger partial charge in [0.2, 0.25) is 0 Å². The van der Waals surface area contributed by atoms with E-state index < -0.39 is 40.4 Å². The maximum atomic E-state index is 15.3. The third kappa shape index (κ3) is 3.55. The van der Waals surface area contributed by atoms with Gasteiger partial charge in [0.25, 0.3) is 11.9 Å². The summed E-state index contributed by atoms with van der Waals surface area (Å²) in [6.07, 6.45) is 1.12. The molecular formula is C20H17ClF3N5O2. The molecule has 1 aromatic carbocycles. The molecule has 0 aliphatic carbocycles. The number of anilines is 1. The van der Waals surface area contributed by atoms with Crippen LogP contribution in [0.2, 0.25) is 5.02 Å². The summed E-state index contributed by atoms with van der Waals surface area (Å²) < 4.78 is 50.8. The number of benzene rings is 1. The Balaban J connectivity index is 2.04. The average Bonchev–Trinajstić information content (AvgIpc) is 2.67. The molecule has 31 heavy (non-hydrogen) atoms. The van der Waals surface area contributed by atoms with E-state index in [0.717, 1.165) is 33.0 Å². The normalized spacial score (nSPS) is 21.4. The fourth-order valence-corrected chi connectivity index (χ4v) is 3.56. The fourth-order valence-electron chi connectivity index (χ4n) is 3.31. The minimum Gasteiger partial charge on any atom is -0.453 e. The van der Waals surface area contributed by atoms with E-state index in [1.54, 1.807) is 0 Å². The van der Waals surface area contributed by atoms with Crippen molar-refractivity contribution < 1.29 is 22.7 Å². The van der Waals surface area contributed by atoms with E-state index in [1.165, 1.54) is 18.2 Å². The topological polar surface area (TPSA) is 113 Å². The molecule has 0 saturated heterocycles. The summed E-state index contributed by atoms with van der Waals surface area (Å²) in [5.41, 5.74) is 0.0860. The van der Waals surface area contributed by atoms with Crippen LogP contribution in [-0.4, -0.2) is 28.4 Å². The predicted octanol–water partition coefficient (Wildman–Crippen LogP) is 3.97. The summed E-state index contributed by atoms with van der Waals surface area (Å²) in [6, 6.07) is 6.13. The van der Waals surface area contributed by atoms with Crippen LogP contribution < -0.4 is 11.1 Å². The van der Waals surface area contributed by atoms with E-state index in [1.807, 2.05) is 6.07 Å². The largest absolute Gasteiger partial charge is 0.453 e. The molecule has 0 bridgehead atoms. The molecule has 1 aliphatic heterocycles. The van der Waals surface area contributed by atoms with E-state index in [9.17, 15) is 4.79 Å². The number of nitrogens with zero attached hydrogens (tertiary/aromatic N) is 3. The Morgan fingerprint density at radius 3 is 2.61 bits per heavy atom. The van der Waals surface area contributed by atoms with Crippen molar-refractivity contribution in [2.75, 3.05) is 5.32 Å². The summed E-state index contributed by atoms with van der Waals surface area (Å²) in [5, 5.41) is 11.0. The lowest BCUT2D eigenvalue weighted by atomic mass is 9.77. The molecule has 2 aromatic rings. The number of nitriles is 1. The van der Waals surface area contributed by atoms with Gasteiger partial charge in [-0.2, -0.15) is 14.0 Å². The number of aromatic nitrogens is 1.